The zero-order chi connectivity index (χ0) is 23.3. The lowest BCUT2D eigenvalue weighted by Crippen LogP contribution is -2.16. The van der Waals surface area contributed by atoms with Crippen molar-refractivity contribution in [2.45, 2.75) is 39.2 Å². The van der Waals surface area contributed by atoms with Crippen molar-refractivity contribution in [3.8, 4) is 10.4 Å². The second-order valence-electron chi connectivity index (χ2n) is 8.83. The monoisotopic (exact) mass is 483 g/mol. The van der Waals surface area contributed by atoms with Crippen LogP contribution in [0.3, 0.4) is 0 Å². The summed E-state index contributed by atoms with van der Waals surface area (Å²) in [6.45, 7) is 3.34. The van der Waals surface area contributed by atoms with Crippen molar-refractivity contribution in [1.82, 2.24) is 4.57 Å². The average molecular weight is 484 g/mol. The van der Waals surface area contributed by atoms with Crippen LogP contribution in [-0.4, -0.2) is 42.9 Å². The van der Waals surface area contributed by atoms with Gasteiger partial charge in [0.2, 0.25) is 5.78 Å². The normalized spacial score (nSPS) is 18.5. The average Bonchev–Trinajstić information content (AvgIpc) is 3.46. The number of Topliss-reactive ketones (excluding diaryl/α,β-unsaturated/α-hetero) is 1. The number of thiophene rings is 1. The van der Waals surface area contributed by atoms with Crippen molar-refractivity contribution in [3.63, 3.8) is 0 Å². The van der Waals surface area contributed by atoms with Crippen LogP contribution in [0, 0.1) is 13.8 Å². The van der Waals surface area contributed by atoms with Crippen molar-refractivity contribution in [3.05, 3.63) is 69.4 Å². The Labute approximate surface area is 197 Å². The molecule has 1 saturated heterocycles. The van der Waals surface area contributed by atoms with E-state index in [1.165, 1.54) is 22.5 Å². The van der Waals surface area contributed by atoms with Gasteiger partial charge in [0.1, 0.15) is 4.88 Å². The third kappa shape index (κ3) is 4.06. The summed E-state index contributed by atoms with van der Waals surface area (Å²) in [5.74, 6) is -0.505. The Kier molecular flexibility index (Phi) is 5.53. The second-order valence-corrected chi connectivity index (χ2v) is 12.1. The molecule has 2 aliphatic rings. The molecular formula is C25H25NO5S2. The first-order valence-corrected chi connectivity index (χ1v) is 13.7. The van der Waals surface area contributed by atoms with Gasteiger partial charge in [0.15, 0.2) is 16.4 Å². The molecule has 1 aliphatic heterocycles. The van der Waals surface area contributed by atoms with Crippen LogP contribution in [0.25, 0.3) is 10.4 Å². The van der Waals surface area contributed by atoms with Crippen molar-refractivity contribution in [1.29, 1.82) is 0 Å². The van der Waals surface area contributed by atoms with Gasteiger partial charge in [-0.05, 0) is 61.9 Å². The number of hydrogen-bond acceptors (Lipinski definition) is 6. The Balaban J connectivity index is 1.29. The molecule has 8 heteroatoms. The maximum atomic E-state index is 12.9. The first-order valence-electron chi connectivity index (χ1n) is 11.0. The summed E-state index contributed by atoms with van der Waals surface area (Å²) in [7, 11) is -3.03. The number of ether oxygens (including phenoxy) is 1. The summed E-state index contributed by atoms with van der Waals surface area (Å²) in [4.78, 5) is 27.2. The molecule has 0 N–H and O–H groups in total. The zero-order valence-corrected chi connectivity index (χ0v) is 20.2. The lowest BCUT2D eigenvalue weighted by atomic mass is 9.91. The van der Waals surface area contributed by atoms with E-state index < -0.39 is 15.8 Å². The number of nitrogens with zero attached hydrogens (tertiary/aromatic N) is 1. The van der Waals surface area contributed by atoms with E-state index in [0.29, 0.717) is 16.9 Å². The molecule has 172 valence electrons. The molecule has 0 spiro atoms. The minimum atomic E-state index is -3.03. The van der Waals surface area contributed by atoms with E-state index in [1.807, 2.05) is 36.6 Å². The van der Waals surface area contributed by atoms with E-state index in [4.69, 9.17) is 4.74 Å². The molecule has 5 rings (SSSR count). The number of ketones is 1. The quantitative estimate of drug-likeness (QED) is 0.398. The van der Waals surface area contributed by atoms with Crippen molar-refractivity contribution >= 4 is 32.9 Å². The number of aryl methyl sites for hydroxylation is 3. The molecule has 1 unspecified atom stereocenters. The van der Waals surface area contributed by atoms with Crippen LogP contribution in [0.4, 0.5) is 0 Å². The van der Waals surface area contributed by atoms with Crippen molar-refractivity contribution in [2.75, 3.05) is 18.1 Å². The fraction of sp³-hybridized carbons (Fsp3) is 0.360. The van der Waals surface area contributed by atoms with E-state index in [-0.39, 0.29) is 29.9 Å². The van der Waals surface area contributed by atoms with Gasteiger partial charge in [0.25, 0.3) is 0 Å². The van der Waals surface area contributed by atoms with Gasteiger partial charge in [0, 0.05) is 27.9 Å². The molecule has 33 heavy (non-hydrogen) atoms. The summed E-state index contributed by atoms with van der Waals surface area (Å²) < 4.78 is 31.1. The Morgan fingerprint density at radius 1 is 1.12 bits per heavy atom. The third-order valence-electron chi connectivity index (χ3n) is 6.63. The van der Waals surface area contributed by atoms with E-state index >= 15 is 0 Å². The number of aromatic nitrogens is 1. The van der Waals surface area contributed by atoms with Gasteiger partial charge in [-0.3, -0.25) is 4.79 Å². The fourth-order valence-corrected chi connectivity index (χ4v) is 7.92. The summed E-state index contributed by atoms with van der Waals surface area (Å²) in [5, 5.41) is 0. The second kappa shape index (κ2) is 8.25. The smallest absolute Gasteiger partial charge is 0.348 e. The minimum absolute atomic E-state index is 0.0954. The lowest BCUT2D eigenvalue weighted by molar-refractivity contribution is 0.0479. The molecule has 0 amide bonds. The lowest BCUT2D eigenvalue weighted by Gasteiger charge is -2.16. The van der Waals surface area contributed by atoms with Crippen LogP contribution in [0.1, 0.15) is 55.0 Å². The molecule has 1 fully saturated rings. The number of carbonyl (C=O) groups is 2. The zero-order valence-electron chi connectivity index (χ0n) is 18.6. The largest absolute Gasteiger partial charge is 0.453 e. The Bertz CT molecular complexity index is 1380. The Hall–Kier alpha value is -2.71. The van der Waals surface area contributed by atoms with Gasteiger partial charge in [-0.15, -0.1) is 11.3 Å². The molecule has 3 heterocycles. The van der Waals surface area contributed by atoms with Gasteiger partial charge in [-0.25, -0.2) is 13.2 Å². The highest BCUT2D eigenvalue weighted by atomic mass is 32.2. The van der Waals surface area contributed by atoms with E-state index in [2.05, 4.69) is 12.1 Å². The highest BCUT2D eigenvalue weighted by Gasteiger charge is 2.32. The predicted molar refractivity (Wildman–Crippen MR) is 128 cm³/mol. The molecule has 1 atom stereocenters. The molecule has 6 nitrogen and oxygen atoms in total. The number of rotatable bonds is 5. The van der Waals surface area contributed by atoms with E-state index in [9.17, 15) is 18.0 Å². The summed E-state index contributed by atoms with van der Waals surface area (Å²) in [6.07, 6.45) is 2.39. The van der Waals surface area contributed by atoms with Crippen molar-refractivity contribution in [2.24, 2.45) is 0 Å². The van der Waals surface area contributed by atoms with Gasteiger partial charge < -0.3 is 9.30 Å². The van der Waals surface area contributed by atoms with Crippen LogP contribution >= 0.6 is 11.3 Å². The molecule has 1 aromatic carbocycles. The summed E-state index contributed by atoms with van der Waals surface area (Å²) >= 11 is 1.41. The topological polar surface area (TPSA) is 82.4 Å². The number of hydrogen-bond donors (Lipinski definition) is 0. The number of esters is 1. The van der Waals surface area contributed by atoms with Crippen molar-refractivity contribution < 1.29 is 22.7 Å². The Morgan fingerprint density at radius 3 is 2.64 bits per heavy atom. The highest BCUT2D eigenvalue weighted by molar-refractivity contribution is 7.91. The molecule has 3 aromatic rings. The van der Waals surface area contributed by atoms with Crippen LogP contribution in [0.15, 0.2) is 36.4 Å². The molecule has 1 aliphatic carbocycles. The molecule has 0 radical (unpaired) electrons. The number of sulfone groups is 1. The van der Waals surface area contributed by atoms with E-state index in [0.717, 1.165) is 34.7 Å². The number of carbonyl (C=O) groups excluding carboxylic acids is 2. The van der Waals surface area contributed by atoms with Crippen LogP contribution in [-0.2, 0) is 27.4 Å². The summed E-state index contributed by atoms with van der Waals surface area (Å²) in [5.41, 5.74) is 5.64. The predicted octanol–water partition coefficient (Wildman–Crippen LogP) is 4.33. The molecule has 0 saturated carbocycles. The van der Waals surface area contributed by atoms with Crippen LogP contribution in [0.5, 0.6) is 0 Å². The number of benzene rings is 1. The molecule has 0 bridgehead atoms. The first-order chi connectivity index (χ1) is 15.7. The van der Waals surface area contributed by atoms with Crippen LogP contribution in [0.2, 0.25) is 0 Å². The summed E-state index contributed by atoms with van der Waals surface area (Å²) in [6, 6.07) is 11.7. The first kappa shape index (κ1) is 22.1. The van der Waals surface area contributed by atoms with Gasteiger partial charge in [0.05, 0.1) is 11.5 Å². The molecule has 2 aromatic heterocycles. The van der Waals surface area contributed by atoms with Crippen LogP contribution < -0.4 is 0 Å². The maximum Gasteiger partial charge on any atom is 0.348 e. The SMILES string of the molecule is Cc1cc(C(=O)COC(=O)c2cc3c(s2)-c2ccccc2CC3)c(C)n1C1CCS(=O)(=O)C1. The standard InChI is InChI=1S/C25H25NO5S2/c1-15-11-21(16(2)26(15)19-9-10-33(29,30)14-19)22(27)13-31-25(28)23-12-18-8-7-17-5-3-4-6-20(17)24(18)32-23/h3-6,11-12,19H,7-10,13-14H2,1-2H3. The number of fused-ring (bicyclic) bond motifs is 3. The van der Waals surface area contributed by atoms with E-state index in [1.54, 1.807) is 6.07 Å². The van der Waals surface area contributed by atoms with Gasteiger partial charge in [-0.2, -0.15) is 0 Å². The maximum absolute atomic E-state index is 12.9. The molecular weight excluding hydrogens is 458 g/mol. The fourth-order valence-electron chi connectivity index (χ4n) is 5.05. The Morgan fingerprint density at radius 2 is 1.88 bits per heavy atom. The minimum Gasteiger partial charge on any atom is -0.453 e. The van der Waals surface area contributed by atoms with Gasteiger partial charge in [-0.1, -0.05) is 24.3 Å². The highest BCUT2D eigenvalue weighted by Crippen LogP contribution is 2.39. The van der Waals surface area contributed by atoms with Gasteiger partial charge >= 0.3 is 5.97 Å². The third-order valence-corrected chi connectivity index (χ3v) is 9.57.